The Morgan fingerprint density at radius 1 is 1.32 bits per heavy atom. The molecule has 0 unspecified atom stereocenters. The third-order valence-electron chi connectivity index (χ3n) is 4.03. The van der Waals surface area contributed by atoms with Gasteiger partial charge in [-0.3, -0.25) is 14.5 Å². The van der Waals surface area contributed by atoms with Crippen molar-refractivity contribution in [2.24, 2.45) is 5.73 Å². The van der Waals surface area contributed by atoms with Crippen molar-refractivity contribution < 1.29 is 27.5 Å². The molecule has 6 nitrogen and oxygen atoms in total. The first-order valence-corrected chi connectivity index (χ1v) is 7.77. The number of hydrogen-bond acceptors (Lipinski definition) is 4. The lowest BCUT2D eigenvalue weighted by Crippen LogP contribution is -2.59. The van der Waals surface area contributed by atoms with E-state index in [2.05, 4.69) is 0 Å². The Morgan fingerprint density at radius 2 is 2.04 bits per heavy atom. The Hall–Kier alpha value is -2.29. The molecule has 1 aliphatic heterocycles. The summed E-state index contributed by atoms with van der Waals surface area (Å²) in [4.78, 5) is 26.3. The molecule has 1 saturated heterocycles. The van der Waals surface area contributed by atoms with Gasteiger partial charge in [-0.1, -0.05) is 6.07 Å². The van der Waals surface area contributed by atoms with Gasteiger partial charge in [0, 0.05) is 33.1 Å². The molecule has 1 aromatic carbocycles. The van der Waals surface area contributed by atoms with Gasteiger partial charge in [0.2, 0.25) is 11.8 Å². The lowest BCUT2D eigenvalue weighted by molar-refractivity contribution is -0.141. The first kappa shape index (κ1) is 19.0. The van der Waals surface area contributed by atoms with Crippen LogP contribution >= 0.6 is 0 Å². The molecule has 138 valence electrons. The second-order valence-corrected chi connectivity index (χ2v) is 5.81. The minimum Gasteiger partial charge on any atom is -0.492 e. The molecular formula is C16H20F3N3O3. The molecule has 9 heteroatoms. The van der Waals surface area contributed by atoms with Gasteiger partial charge in [0.1, 0.15) is 18.4 Å². The number of rotatable bonds is 5. The van der Waals surface area contributed by atoms with Gasteiger partial charge >= 0.3 is 6.18 Å². The van der Waals surface area contributed by atoms with Gasteiger partial charge in [0.15, 0.2) is 0 Å². The van der Waals surface area contributed by atoms with Gasteiger partial charge < -0.3 is 15.4 Å². The van der Waals surface area contributed by atoms with Crippen molar-refractivity contribution in [1.82, 2.24) is 9.80 Å². The van der Waals surface area contributed by atoms with Crippen LogP contribution in [0.1, 0.15) is 12.5 Å². The van der Waals surface area contributed by atoms with E-state index in [1.165, 1.54) is 24.0 Å². The number of alkyl halides is 3. The largest absolute Gasteiger partial charge is 0.492 e. The Bertz CT molecular complexity index is 637. The van der Waals surface area contributed by atoms with Crippen LogP contribution < -0.4 is 10.5 Å². The molecule has 25 heavy (non-hydrogen) atoms. The number of amides is 2. The second-order valence-electron chi connectivity index (χ2n) is 5.81. The van der Waals surface area contributed by atoms with E-state index in [0.29, 0.717) is 19.6 Å². The predicted molar refractivity (Wildman–Crippen MR) is 83.7 cm³/mol. The number of nitrogens with zero attached hydrogens (tertiary/aromatic N) is 2. The summed E-state index contributed by atoms with van der Waals surface area (Å²) in [7, 11) is 0. The van der Waals surface area contributed by atoms with Crippen molar-refractivity contribution in [3.63, 3.8) is 0 Å². The molecule has 2 rings (SSSR count). The van der Waals surface area contributed by atoms with Crippen molar-refractivity contribution in [2.45, 2.75) is 19.1 Å². The topological polar surface area (TPSA) is 75.9 Å². The fraction of sp³-hybridized carbons (Fsp3) is 0.500. The fourth-order valence-electron chi connectivity index (χ4n) is 2.72. The Balaban J connectivity index is 1.88. The quantitative estimate of drug-likeness (QED) is 0.854. The summed E-state index contributed by atoms with van der Waals surface area (Å²) < 4.78 is 43.4. The number of benzene rings is 1. The molecule has 0 aromatic heterocycles. The molecule has 0 radical (unpaired) electrons. The second kappa shape index (κ2) is 7.73. The zero-order chi connectivity index (χ0) is 18.6. The van der Waals surface area contributed by atoms with E-state index >= 15 is 0 Å². The minimum absolute atomic E-state index is 0.128. The molecule has 1 fully saturated rings. The van der Waals surface area contributed by atoms with Crippen molar-refractivity contribution in [1.29, 1.82) is 0 Å². The number of ether oxygens (including phenoxy) is 1. The summed E-state index contributed by atoms with van der Waals surface area (Å²) >= 11 is 0. The minimum atomic E-state index is -4.42. The van der Waals surface area contributed by atoms with E-state index in [1.807, 2.05) is 4.90 Å². The SMILES string of the molecule is CC(=O)N1CCN(CCOc2cccc(C(F)(F)F)c2)C[C@@H]1C(N)=O. The van der Waals surface area contributed by atoms with Gasteiger partial charge in [-0.2, -0.15) is 13.2 Å². The zero-order valence-electron chi connectivity index (χ0n) is 13.8. The third kappa shape index (κ3) is 5.09. The summed E-state index contributed by atoms with van der Waals surface area (Å²) in [6.45, 7) is 3.13. The molecule has 0 saturated carbocycles. The number of primary amides is 1. The average molecular weight is 359 g/mol. The van der Waals surface area contributed by atoms with Gasteiger partial charge in [-0.25, -0.2) is 0 Å². The summed E-state index contributed by atoms with van der Waals surface area (Å²) in [6.07, 6.45) is -4.42. The Labute approximate surface area is 143 Å². The molecule has 2 amide bonds. The highest BCUT2D eigenvalue weighted by Gasteiger charge is 2.32. The van der Waals surface area contributed by atoms with Crippen LogP contribution in [0.2, 0.25) is 0 Å². The number of hydrogen-bond donors (Lipinski definition) is 1. The first-order valence-electron chi connectivity index (χ1n) is 7.77. The van der Waals surface area contributed by atoms with Crippen LogP contribution in [0.15, 0.2) is 24.3 Å². The maximum atomic E-state index is 12.7. The van der Waals surface area contributed by atoms with Crippen LogP contribution in [0.25, 0.3) is 0 Å². The van der Waals surface area contributed by atoms with Gasteiger partial charge in [-0.05, 0) is 18.2 Å². The summed E-state index contributed by atoms with van der Waals surface area (Å²) in [5, 5.41) is 0. The summed E-state index contributed by atoms with van der Waals surface area (Å²) in [5.74, 6) is -0.675. The molecule has 1 aliphatic rings. The highest BCUT2D eigenvalue weighted by molar-refractivity contribution is 5.86. The lowest BCUT2D eigenvalue weighted by Gasteiger charge is -2.39. The highest BCUT2D eigenvalue weighted by Crippen LogP contribution is 2.31. The number of carbonyl (C=O) groups excluding carboxylic acids is 2. The normalized spacial score (nSPS) is 18.9. The van der Waals surface area contributed by atoms with Crippen LogP contribution in [-0.4, -0.2) is 60.4 Å². The molecule has 1 heterocycles. The number of halogens is 3. The Kier molecular flexibility index (Phi) is 5.89. The van der Waals surface area contributed by atoms with Crippen molar-refractivity contribution in [3.05, 3.63) is 29.8 Å². The molecule has 1 aromatic rings. The standard InChI is InChI=1S/C16H20F3N3O3/c1-11(23)22-6-5-21(10-14(22)15(20)24)7-8-25-13-4-2-3-12(9-13)16(17,18)19/h2-4,9,14H,5-8,10H2,1H3,(H2,20,24)/t14-/m1/s1. The molecular weight excluding hydrogens is 339 g/mol. The smallest absolute Gasteiger partial charge is 0.416 e. The molecule has 0 aliphatic carbocycles. The van der Waals surface area contributed by atoms with Crippen molar-refractivity contribution in [3.8, 4) is 5.75 Å². The monoisotopic (exact) mass is 359 g/mol. The number of piperazine rings is 1. The zero-order valence-corrected chi connectivity index (χ0v) is 13.8. The third-order valence-corrected chi connectivity index (χ3v) is 4.03. The van der Waals surface area contributed by atoms with Gasteiger partial charge in [0.25, 0.3) is 0 Å². The van der Waals surface area contributed by atoms with E-state index in [0.717, 1.165) is 12.1 Å². The van der Waals surface area contributed by atoms with E-state index in [4.69, 9.17) is 10.5 Å². The van der Waals surface area contributed by atoms with Crippen LogP contribution in [0.5, 0.6) is 5.75 Å². The molecule has 0 bridgehead atoms. The molecule has 2 N–H and O–H groups in total. The van der Waals surface area contributed by atoms with E-state index in [1.54, 1.807) is 0 Å². The first-order chi connectivity index (χ1) is 11.7. The van der Waals surface area contributed by atoms with E-state index < -0.39 is 23.7 Å². The number of carbonyl (C=O) groups is 2. The maximum Gasteiger partial charge on any atom is 0.416 e. The van der Waals surface area contributed by atoms with Crippen LogP contribution in [-0.2, 0) is 15.8 Å². The van der Waals surface area contributed by atoms with E-state index in [-0.39, 0.29) is 24.8 Å². The number of nitrogens with two attached hydrogens (primary N) is 1. The Morgan fingerprint density at radius 3 is 2.64 bits per heavy atom. The van der Waals surface area contributed by atoms with Crippen LogP contribution in [0.3, 0.4) is 0 Å². The van der Waals surface area contributed by atoms with E-state index in [9.17, 15) is 22.8 Å². The fourth-order valence-corrected chi connectivity index (χ4v) is 2.72. The van der Waals surface area contributed by atoms with Crippen LogP contribution in [0.4, 0.5) is 13.2 Å². The molecule has 0 spiro atoms. The predicted octanol–water partition coefficient (Wildman–Crippen LogP) is 1.10. The average Bonchev–Trinajstić information content (AvgIpc) is 2.54. The van der Waals surface area contributed by atoms with Crippen molar-refractivity contribution in [2.75, 3.05) is 32.8 Å². The molecule has 1 atom stereocenters. The highest BCUT2D eigenvalue weighted by atomic mass is 19.4. The van der Waals surface area contributed by atoms with Gasteiger partial charge in [0.05, 0.1) is 5.56 Å². The summed E-state index contributed by atoms with van der Waals surface area (Å²) in [6, 6.07) is 3.95. The maximum absolute atomic E-state index is 12.7. The van der Waals surface area contributed by atoms with Crippen molar-refractivity contribution >= 4 is 11.8 Å². The van der Waals surface area contributed by atoms with Crippen LogP contribution in [0, 0.1) is 0 Å². The lowest BCUT2D eigenvalue weighted by atomic mass is 10.1. The van der Waals surface area contributed by atoms with Gasteiger partial charge in [-0.15, -0.1) is 0 Å². The summed E-state index contributed by atoms with van der Waals surface area (Å²) in [5.41, 5.74) is 4.57.